The molecule has 0 aliphatic heterocycles. The van der Waals surface area contributed by atoms with Gasteiger partial charge in [-0.3, -0.25) is 4.79 Å². The van der Waals surface area contributed by atoms with Crippen LogP contribution < -0.4 is 11.1 Å². The molecule has 4 heteroatoms. The van der Waals surface area contributed by atoms with Gasteiger partial charge in [-0.05, 0) is 24.1 Å². The predicted molar refractivity (Wildman–Crippen MR) is 56.6 cm³/mol. The molecule has 0 unspecified atom stereocenters. The number of amides is 1. The minimum Gasteiger partial charge on any atom is -0.354 e. The molecule has 0 bridgehead atoms. The van der Waals surface area contributed by atoms with E-state index in [0.717, 1.165) is 6.42 Å². The number of hydrogen-bond acceptors (Lipinski definition) is 2. The first-order valence-electron chi connectivity index (χ1n) is 4.94. The summed E-state index contributed by atoms with van der Waals surface area (Å²) in [5.41, 5.74) is 6.31. The van der Waals surface area contributed by atoms with Crippen molar-refractivity contribution in [1.29, 1.82) is 0 Å². The fourth-order valence-electron chi connectivity index (χ4n) is 1.18. The van der Waals surface area contributed by atoms with Crippen molar-refractivity contribution < 1.29 is 9.18 Å². The highest BCUT2D eigenvalue weighted by atomic mass is 19.1. The molecule has 1 atom stereocenters. The normalized spacial score (nSPS) is 12.2. The highest BCUT2D eigenvalue weighted by Crippen LogP contribution is 2.10. The molecule has 1 rings (SSSR count). The molecule has 1 aromatic carbocycles. The smallest absolute Gasteiger partial charge is 0.241 e. The van der Waals surface area contributed by atoms with Gasteiger partial charge in [-0.1, -0.05) is 19.1 Å². The van der Waals surface area contributed by atoms with E-state index in [1.165, 1.54) is 24.3 Å². The first kappa shape index (κ1) is 11.7. The Morgan fingerprint density at radius 2 is 2.07 bits per heavy atom. The van der Waals surface area contributed by atoms with Crippen LogP contribution in [0.4, 0.5) is 4.39 Å². The van der Waals surface area contributed by atoms with E-state index in [4.69, 9.17) is 5.73 Å². The molecule has 0 aliphatic carbocycles. The molecule has 0 spiro atoms. The Morgan fingerprint density at radius 3 is 2.60 bits per heavy atom. The Labute approximate surface area is 88.5 Å². The lowest BCUT2D eigenvalue weighted by Gasteiger charge is -2.11. The molecule has 0 heterocycles. The van der Waals surface area contributed by atoms with Crippen LogP contribution in [0.2, 0.25) is 0 Å². The maximum Gasteiger partial charge on any atom is 0.241 e. The molecule has 15 heavy (non-hydrogen) atoms. The number of halogens is 1. The molecule has 82 valence electrons. The zero-order chi connectivity index (χ0) is 11.3. The number of benzene rings is 1. The second-order valence-corrected chi connectivity index (χ2v) is 3.32. The van der Waals surface area contributed by atoms with Gasteiger partial charge >= 0.3 is 0 Å². The number of rotatable bonds is 4. The molecule has 0 saturated heterocycles. The van der Waals surface area contributed by atoms with Crippen LogP contribution in [0.15, 0.2) is 24.3 Å². The highest BCUT2D eigenvalue weighted by molar-refractivity contribution is 5.82. The van der Waals surface area contributed by atoms with Gasteiger partial charge in [-0.25, -0.2) is 4.39 Å². The Hall–Kier alpha value is -1.42. The summed E-state index contributed by atoms with van der Waals surface area (Å²) in [5, 5.41) is 2.69. The number of hydrogen-bond donors (Lipinski definition) is 2. The van der Waals surface area contributed by atoms with E-state index in [0.29, 0.717) is 12.1 Å². The maximum absolute atomic E-state index is 12.6. The number of carbonyl (C=O) groups excluding carboxylic acids is 1. The van der Waals surface area contributed by atoms with E-state index < -0.39 is 6.04 Å². The first-order valence-corrected chi connectivity index (χ1v) is 4.94. The van der Waals surface area contributed by atoms with Crippen LogP contribution in [0.5, 0.6) is 0 Å². The van der Waals surface area contributed by atoms with Crippen LogP contribution in [0.25, 0.3) is 0 Å². The summed E-state index contributed by atoms with van der Waals surface area (Å²) >= 11 is 0. The van der Waals surface area contributed by atoms with E-state index in [9.17, 15) is 9.18 Å². The molecule has 3 N–H and O–H groups in total. The van der Waals surface area contributed by atoms with E-state index >= 15 is 0 Å². The zero-order valence-corrected chi connectivity index (χ0v) is 8.66. The fourth-order valence-corrected chi connectivity index (χ4v) is 1.18. The highest BCUT2D eigenvalue weighted by Gasteiger charge is 2.14. The molecule has 0 radical (unpaired) electrons. The minimum atomic E-state index is -0.725. The number of carbonyl (C=O) groups is 1. The van der Waals surface area contributed by atoms with Crippen LogP contribution >= 0.6 is 0 Å². The maximum atomic E-state index is 12.6. The lowest BCUT2D eigenvalue weighted by molar-refractivity contribution is -0.122. The summed E-state index contributed by atoms with van der Waals surface area (Å²) in [4.78, 5) is 11.5. The third kappa shape index (κ3) is 3.32. The Morgan fingerprint density at radius 1 is 1.47 bits per heavy atom. The third-order valence-electron chi connectivity index (χ3n) is 2.06. The number of nitrogens with two attached hydrogens (primary N) is 1. The Balaban J connectivity index is 2.63. The lowest BCUT2D eigenvalue weighted by atomic mass is 10.1. The van der Waals surface area contributed by atoms with Gasteiger partial charge in [-0.15, -0.1) is 0 Å². The van der Waals surface area contributed by atoms with Crippen LogP contribution in [0.3, 0.4) is 0 Å². The molecular formula is C11H15FN2O. The van der Waals surface area contributed by atoms with Crippen molar-refractivity contribution in [2.24, 2.45) is 5.73 Å². The molecule has 0 fully saturated rings. The largest absolute Gasteiger partial charge is 0.354 e. The molecule has 1 amide bonds. The van der Waals surface area contributed by atoms with Gasteiger partial charge in [0.15, 0.2) is 0 Å². The third-order valence-corrected chi connectivity index (χ3v) is 2.06. The summed E-state index contributed by atoms with van der Waals surface area (Å²) in [6.45, 7) is 2.57. The van der Waals surface area contributed by atoms with Gasteiger partial charge in [0.1, 0.15) is 11.9 Å². The van der Waals surface area contributed by atoms with Crippen molar-refractivity contribution in [2.45, 2.75) is 19.4 Å². The molecule has 0 aromatic heterocycles. The van der Waals surface area contributed by atoms with Gasteiger partial charge in [-0.2, -0.15) is 0 Å². The van der Waals surface area contributed by atoms with Crippen LogP contribution in [0, 0.1) is 5.82 Å². The van der Waals surface area contributed by atoms with E-state index in [1.807, 2.05) is 6.92 Å². The van der Waals surface area contributed by atoms with Gasteiger partial charge in [0.05, 0.1) is 0 Å². The lowest BCUT2D eigenvalue weighted by Crippen LogP contribution is -2.34. The van der Waals surface area contributed by atoms with Crippen LogP contribution in [0.1, 0.15) is 24.9 Å². The Bertz CT molecular complexity index is 324. The standard InChI is InChI=1S/C11H15FN2O/c1-2-7-14-11(15)10(13)8-3-5-9(12)6-4-8/h3-6,10H,2,7,13H2,1H3,(H,14,15)/t10-/m1/s1. The van der Waals surface area contributed by atoms with Crippen molar-refractivity contribution in [3.05, 3.63) is 35.6 Å². The summed E-state index contributed by atoms with van der Waals surface area (Å²) in [6.07, 6.45) is 0.863. The van der Waals surface area contributed by atoms with Gasteiger partial charge in [0.2, 0.25) is 5.91 Å². The van der Waals surface area contributed by atoms with Crippen molar-refractivity contribution in [3.63, 3.8) is 0 Å². The van der Waals surface area contributed by atoms with Gasteiger partial charge < -0.3 is 11.1 Å². The molecule has 0 aliphatic rings. The van der Waals surface area contributed by atoms with Crippen molar-refractivity contribution in [2.75, 3.05) is 6.54 Å². The molecule has 3 nitrogen and oxygen atoms in total. The van der Waals surface area contributed by atoms with Gasteiger partial charge in [0, 0.05) is 6.54 Å². The van der Waals surface area contributed by atoms with Crippen LogP contribution in [-0.2, 0) is 4.79 Å². The number of nitrogens with one attached hydrogen (secondary N) is 1. The minimum absolute atomic E-state index is 0.233. The summed E-state index contributed by atoms with van der Waals surface area (Å²) in [6, 6.07) is 4.90. The second kappa shape index (κ2) is 5.46. The Kier molecular flexibility index (Phi) is 4.24. The quantitative estimate of drug-likeness (QED) is 0.788. The summed E-state index contributed by atoms with van der Waals surface area (Å²) in [5.74, 6) is -0.566. The van der Waals surface area contributed by atoms with E-state index in [-0.39, 0.29) is 11.7 Å². The topological polar surface area (TPSA) is 55.1 Å². The summed E-state index contributed by atoms with van der Waals surface area (Å²) in [7, 11) is 0. The van der Waals surface area contributed by atoms with Gasteiger partial charge in [0.25, 0.3) is 0 Å². The van der Waals surface area contributed by atoms with E-state index in [1.54, 1.807) is 0 Å². The average molecular weight is 210 g/mol. The second-order valence-electron chi connectivity index (χ2n) is 3.32. The monoisotopic (exact) mass is 210 g/mol. The van der Waals surface area contributed by atoms with Crippen LogP contribution in [-0.4, -0.2) is 12.5 Å². The predicted octanol–water partition coefficient (Wildman–Crippen LogP) is 1.35. The van der Waals surface area contributed by atoms with Crippen molar-refractivity contribution >= 4 is 5.91 Å². The van der Waals surface area contributed by atoms with E-state index in [2.05, 4.69) is 5.32 Å². The molecule has 1 aromatic rings. The molecule has 0 saturated carbocycles. The SMILES string of the molecule is CCCNC(=O)[C@H](N)c1ccc(F)cc1. The van der Waals surface area contributed by atoms with Crippen molar-refractivity contribution in [3.8, 4) is 0 Å². The molecular weight excluding hydrogens is 195 g/mol. The first-order chi connectivity index (χ1) is 7.15. The summed E-state index contributed by atoms with van der Waals surface area (Å²) < 4.78 is 12.6. The fraction of sp³-hybridized carbons (Fsp3) is 0.364. The average Bonchev–Trinajstić information content (AvgIpc) is 2.26. The zero-order valence-electron chi connectivity index (χ0n) is 8.66. The van der Waals surface area contributed by atoms with Crippen molar-refractivity contribution in [1.82, 2.24) is 5.32 Å².